The first-order chi connectivity index (χ1) is 8.90. The molecule has 0 bridgehead atoms. The molecule has 0 spiro atoms. The van der Waals surface area contributed by atoms with Gasteiger partial charge in [-0.05, 0) is 42.5 Å². The molecular weight excluding hydrogens is 242 g/mol. The number of aryl methyl sites for hydroxylation is 1. The van der Waals surface area contributed by atoms with Gasteiger partial charge in [0.1, 0.15) is 0 Å². The normalized spacial score (nSPS) is 21.3. The lowest BCUT2D eigenvalue weighted by Crippen LogP contribution is -2.17. The summed E-state index contributed by atoms with van der Waals surface area (Å²) < 4.78 is 0. The van der Waals surface area contributed by atoms with Gasteiger partial charge in [0.25, 0.3) is 0 Å². The first-order valence-corrected chi connectivity index (χ1v) is 6.54. The molecular formula is C15H19NO3. The molecule has 0 saturated heterocycles. The lowest BCUT2D eigenvalue weighted by Gasteiger charge is -2.12. The Hall–Kier alpha value is -1.84. The lowest BCUT2D eigenvalue weighted by atomic mass is 9.97. The smallest absolute Gasteiger partial charge is 0.307 e. The van der Waals surface area contributed by atoms with Crippen molar-refractivity contribution in [3.8, 4) is 0 Å². The molecule has 0 aliphatic heterocycles. The topological polar surface area (TPSA) is 66.4 Å². The molecule has 4 heteroatoms. The maximum Gasteiger partial charge on any atom is 0.307 e. The van der Waals surface area contributed by atoms with E-state index in [-0.39, 0.29) is 11.8 Å². The fourth-order valence-electron chi connectivity index (χ4n) is 2.39. The number of hydrogen-bond acceptors (Lipinski definition) is 2. The molecule has 19 heavy (non-hydrogen) atoms. The number of anilines is 1. The summed E-state index contributed by atoms with van der Waals surface area (Å²) >= 11 is 0. The predicted molar refractivity (Wildman–Crippen MR) is 73.1 cm³/mol. The van der Waals surface area contributed by atoms with E-state index in [0.717, 1.165) is 11.3 Å². The zero-order valence-corrected chi connectivity index (χ0v) is 11.4. The van der Waals surface area contributed by atoms with Crippen LogP contribution < -0.4 is 5.32 Å². The van der Waals surface area contributed by atoms with Crippen LogP contribution in [0.4, 0.5) is 5.69 Å². The van der Waals surface area contributed by atoms with E-state index in [9.17, 15) is 9.59 Å². The number of aliphatic carboxylic acids is 1. The predicted octanol–water partition coefficient (Wildman–Crippen LogP) is 2.78. The van der Waals surface area contributed by atoms with Gasteiger partial charge in [0.2, 0.25) is 5.91 Å². The van der Waals surface area contributed by atoms with Crippen LogP contribution in [0.1, 0.15) is 37.3 Å². The average molecular weight is 261 g/mol. The highest BCUT2D eigenvalue weighted by Crippen LogP contribution is 2.39. The third kappa shape index (κ3) is 2.95. The maximum atomic E-state index is 11.8. The first-order valence-electron chi connectivity index (χ1n) is 6.54. The Balaban J connectivity index is 2.02. The second-order valence-corrected chi connectivity index (χ2v) is 5.50. The second-order valence-electron chi connectivity index (χ2n) is 5.50. The van der Waals surface area contributed by atoms with Gasteiger partial charge in [-0.15, -0.1) is 0 Å². The molecule has 0 aromatic heterocycles. The fourth-order valence-corrected chi connectivity index (χ4v) is 2.39. The third-order valence-electron chi connectivity index (χ3n) is 3.60. The first kappa shape index (κ1) is 13.6. The molecule has 0 radical (unpaired) electrons. The Labute approximate surface area is 112 Å². The zero-order valence-electron chi connectivity index (χ0n) is 11.4. The van der Waals surface area contributed by atoms with Crippen molar-refractivity contribution in [2.75, 3.05) is 5.32 Å². The number of rotatable bonds is 4. The Morgan fingerprint density at radius 2 is 2.00 bits per heavy atom. The molecule has 4 nitrogen and oxygen atoms in total. The SMILES string of the molecule is Cc1cc(NC(=O)C2CC2C(=O)O)ccc1C(C)C. The average Bonchev–Trinajstić information content (AvgIpc) is 3.08. The van der Waals surface area contributed by atoms with E-state index in [2.05, 4.69) is 19.2 Å². The maximum absolute atomic E-state index is 11.8. The molecule has 0 heterocycles. The number of carboxylic acid groups (broad SMARTS) is 1. The Bertz CT molecular complexity index is 522. The number of carbonyl (C=O) groups excluding carboxylic acids is 1. The van der Waals surface area contributed by atoms with Crippen LogP contribution in [0, 0.1) is 18.8 Å². The number of nitrogens with one attached hydrogen (secondary N) is 1. The van der Waals surface area contributed by atoms with Crippen LogP contribution >= 0.6 is 0 Å². The van der Waals surface area contributed by atoms with Gasteiger partial charge in [-0.25, -0.2) is 0 Å². The molecule has 1 amide bonds. The molecule has 1 aromatic carbocycles. The highest BCUT2D eigenvalue weighted by molar-refractivity contribution is 5.98. The molecule has 2 unspecified atom stereocenters. The molecule has 1 saturated carbocycles. The van der Waals surface area contributed by atoms with Crippen molar-refractivity contribution < 1.29 is 14.7 Å². The van der Waals surface area contributed by atoms with Gasteiger partial charge < -0.3 is 10.4 Å². The summed E-state index contributed by atoms with van der Waals surface area (Å²) in [6.45, 7) is 6.27. The molecule has 2 atom stereocenters. The number of carbonyl (C=O) groups is 2. The van der Waals surface area contributed by atoms with E-state index < -0.39 is 11.9 Å². The summed E-state index contributed by atoms with van der Waals surface area (Å²) in [7, 11) is 0. The zero-order chi connectivity index (χ0) is 14.2. The number of carboxylic acids is 1. The van der Waals surface area contributed by atoms with Gasteiger partial charge >= 0.3 is 5.97 Å². The quantitative estimate of drug-likeness (QED) is 0.875. The summed E-state index contributed by atoms with van der Waals surface area (Å²) in [6.07, 6.45) is 0.449. The van der Waals surface area contributed by atoms with Crippen molar-refractivity contribution >= 4 is 17.6 Å². The van der Waals surface area contributed by atoms with Crippen molar-refractivity contribution in [3.05, 3.63) is 29.3 Å². The van der Waals surface area contributed by atoms with Crippen molar-refractivity contribution in [2.45, 2.75) is 33.1 Å². The Morgan fingerprint density at radius 1 is 1.32 bits per heavy atom. The Kier molecular flexibility index (Phi) is 3.60. The van der Waals surface area contributed by atoms with Gasteiger partial charge in [0.05, 0.1) is 11.8 Å². The lowest BCUT2D eigenvalue weighted by molar-refractivity contribution is -0.139. The molecule has 1 aliphatic rings. The second kappa shape index (κ2) is 5.03. The van der Waals surface area contributed by atoms with Crippen LogP contribution in [0.3, 0.4) is 0 Å². The van der Waals surface area contributed by atoms with Crippen LogP contribution in [0.15, 0.2) is 18.2 Å². The summed E-state index contributed by atoms with van der Waals surface area (Å²) in [5.41, 5.74) is 3.13. The van der Waals surface area contributed by atoms with E-state index in [0.29, 0.717) is 12.3 Å². The van der Waals surface area contributed by atoms with E-state index in [1.807, 2.05) is 25.1 Å². The molecule has 2 N–H and O–H groups in total. The minimum atomic E-state index is -0.883. The molecule has 1 aliphatic carbocycles. The minimum absolute atomic E-state index is 0.191. The number of hydrogen-bond donors (Lipinski definition) is 2. The summed E-state index contributed by atoms with van der Waals surface area (Å²) in [5.74, 6) is -1.50. The number of benzene rings is 1. The van der Waals surface area contributed by atoms with Gasteiger partial charge in [0, 0.05) is 5.69 Å². The Morgan fingerprint density at radius 3 is 2.47 bits per heavy atom. The molecule has 1 fully saturated rings. The largest absolute Gasteiger partial charge is 0.481 e. The fraction of sp³-hybridized carbons (Fsp3) is 0.467. The van der Waals surface area contributed by atoms with Crippen molar-refractivity contribution in [1.29, 1.82) is 0 Å². The van der Waals surface area contributed by atoms with E-state index in [1.54, 1.807) is 0 Å². The highest BCUT2D eigenvalue weighted by Gasteiger charge is 2.48. The summed E-state index contributed by atoms with van der Waals surface area (Å²) in [4.78, 5) is 22.6. The molecule has 1 aromatic rings. The van der Waals surface area contributed by atoms with Crippen molar-refractivity contribution in [1.82, 2.24) is 0 Å². The number of amides is 1. The molecule has 2 rings (SSSR count). The standard InChI is InChI=1S/C15H19NO3/c1-8(2)11-5-4-10(6-9(11)3)16-14(17)12-7-13(12)15(18)19/h4-6,8,12-13H,7H2,1-3H3,(H,16,17)(H,18,19). The van der Waals surface area contributed by atoms with Crippen LogP contribution in [-0.2, 0) is 9.59 Å². The van der Waals surface area contributed by atoms with E-state index in [4.69, 9.17) is 5.11 Å². The van der Waals surface area contributed by atoms with E-state index >= 15 is 0 Å². The van der Waals surface area contributed by atoms with Gasteiger partial charge in [-0.3, -0.25) is 9.59 Å². The highest BCUT2D eigenvalue weighted by atomic mass is 16.4. The van der Waals surface area contributed by atoms with Crippen molar-refractivity contribution in [2.24, 2.45) is 11.8 Å². The minimum Gasteiger partial charge on any atom is -0.481 e. The van der Waals surface area contributed by atoms with Gasteiger partial charge in [-0.2, -0.15) is 0 Å². The van der Waals surface area contributed by atoms with Crippen LogP contribution in [0.2, 0.25) is 0 Å². The van der Waals surface area contributed by atoms with Gasteiger partial charge in [0.15, 0.2) is 0 Å². The van der Waals surface area contributed by atoms with Crippen molar-refractivity contribution in [3.63, 3.8) is 0 Å². The van der Waals surface area contributed by atoms with Gasteiger partial charge in [-0.1, -0.05) is 19.9 Å². The summed E-state index contributed by atoms with van der Waals surface area (Å²) in [6, 6.07) is 5.82. The van der Waals surface area contributed by atoms with Crippen LogP contribution in [0.25, 0.3) is 0 Å². The van der Waals surface area contributed by atoms with Crippen LogP contribution in [-0.4, -0.2) is 17.0 Å². The monoisotopic (exact) mass is 261 g/mol. The molecule has 102 valence electrons. The summed E-state index contributed by atoms with van der Waals surface area (Å²) in [5, 5.41) is 11.6. The van der Waals surface area contributed by atoms with E-state index in [1.165, 1.54) is 5.56 Å². The van der Waals surface area contributed by atoms with Crippen LogP contribution in [0.5, 0.6) is 0 Å². The third-order valence-corrected chi connectivity index (χ3v) is 3.60.